The Kier molecular flexibility index (Phi) is 21.6. The molecule has 85 heavy (non-hydrogen) atoms. The Morgan fingerprint density at radius 3 is 1.00 bits per heavy atom. The van der Waals surface area contributed by atoms with Gasteiger partial charge in [-0.3, -0.25) is 0 Å². The number of hydrogen-bond acceptors (Lipinski definition) is 10. The summed E-state index contributed by atoms with van der Waals surface area (Å²) in [5.41, 5.74) is -22.1. The summed E-state index contributed by atoms with van der Waals surface area (Å²) in [6.07, 6.45) is -61.9. The molecular weight excluding hydrogens is 1270 g/mol. The largest absolute Gasteiger partial charge is 0.499 e. The van der Waals surface area contributed by atoms with Gasteiger partial charge in [0.1, 0.15) is 11.1 Å². The van der Waals surface area contributed by atoms with Crippen LogP contribution < -0.4 is 0 Å². The van der Waals surface area contributed by atoms with Gasteiger partial charge in [0.15, 0.2) is 6.79 Å². The van der Waals surface area contributed by atoms with Crippen LogP contribution in [0.3, 0.4) is 0 Å². The van der Waals surface area contributed by atoms with Gasteiger partial charge in [-0.1, -0.05) is 19.7 Å². The van der Waals surface area contributed by atoms with E-state index in [1.165, 1.54) is 7.11 Å². The Balaban J connectivity index is 0.000000293. The van der Waals surface area contributed by atoms with E-state index in [1.807, 2.05) is 0 Å². The first-order valence-electron chi connectivity index (χ1n) is 23.7. The van der Waals surface area contributed by atoms with Gasteiger partial charge in [-0.2, -0.15) is 132 Å². The van der Waals surface area contributed by atoms with Gasteiger partial charge < -0.3 is 38.6 Å². The minimum Gasteiger partial charge on any atom is -0.499 e. The lowest BCUT2D eigenvalue weighted by molar-refractivity contribution is -0.471. The number of alkyl halides is 30. The first-order valence-corrected chi connectivity index (χ1v) is 23.7. The van der Waals surface area contributed by atoms with Crippen LogP contribution in [0.1, 0.15) is 57.8 Å². The number of rotatable bonds is 8. The highest BCUT2D eigenvalue weighted by molar-refractivity contribution is 5.89. The number of ether oxygens (including phenoxy) is 6. The number of methoxy groups -OCH3 is 2. The van der Waals surface area contributed by atoms with E-state index >= 15 is 0 Å². The maximum Gasteiger partial charge on any atom is 0.426 e. The Hall–Kier alpha value is -4.34. The second kappa shape index (κ2) is 24.6. The number of halogens is 30. The molecule has 2 saturated heterocycles. The van der Waals surface area contributed by atoms with Gasteiger partial charge in [-0.25, -0.2) is 9.59 Å². The summed E-state index contributed by atoms with van der Waals surface area (Å²) >= 11 is 0. The lowest BCUT2D eigenvalue weighted by Gasteiger charge is -2.56. The molecule has 0 spiro atoms. The predicted molar refractivity (Wildman–Crippen MR) is 218 cm³/mol. The Morgan fingerprint density at radius 2 is 0.776 bits per heavy atom. The standard InChI is InChI=1S/C14H14F12O3.2C10H10F6O.C6H7F3O3.C5H5F3O2/c1-2-29-8-4-6(9(27,11(15,16)17)12(18,19)20)3-7(5-8)10(28,13(21,22)23)14(24,25)26;2*11-9(12,13)8(10(14,15)16)6-4-1-2-5(3-4)7(6)17-8;1-4(6(7,8)9)5(10)12-3-11-2;1-3(4(9)10-2)5(6,7)8/h2,6-8,27-28H,1,3-5H2;2*4-7H,1-3H2;1,3H2,2H3;1H2,2H3. The van der Waals surface area contributed by atoms with Crippen molar-refractivity contribution in [2.24, 2.45) is 47.3 Å². The third-order valence-electron chi connectivity index (χ3n) is 15.5. The number of carbonyl (C=O) groups is 2. The highest BCUT2D eigenvalue weighted by Gasteiger charge is 2.88. The minimum absolute atomic E-state index is 0.108. The number of hydrogen-bond donors (Lipinski definition) is 2. The van der Waals surface area contributed by atoms with Crippen LogP contribution in [0.15, 0.2) is 37.1 Å². The topological polar surface area (TPSA) is 130 Å². The zero-order valence-corrected chi connectivity index (χ0v) is 42.6. The molecule has 2 N–H and O–H groups in total. The smallest absolute Gasteiger partial charge is 0.426 e. The van der Waals surface area contributed by atoms with Crippen molar-refractivity contribution < 1.29 is 180 Å². The molecular formula is C45H46F30O10. The molecule has 2 aliphatic heterocycles. The van der Waals surface area contributed by atoms with Crippen LogP contribution in [0.2, 0.25) is 0 Å². The summed E-state index contributed by atoms with van der Waals surface area (Å²) in [6, 6.07) is 0. The van der Waals surface area contributed by atoms with E-state index in [-0.39, 0.29) is 11.8 Å². The molecule has 0 radical (unpaired) electrons. The van der Waals surface area contributed by atoms with Crippen LogP contribution in [0.25, 0.3) is 0 Å². The van der Waals surface area contributed by atoms with Crippen molar-refractivity contribution in [2.45, 2.75) is 160 Å². The fourth-order valence-electron chi connectivity index (χ4n) is 11.7. The summed E-state index contributed by atoms with van der Waals surface area (Å²) in [5.74, 6) is -13.5. The monoisotopic (exact) mass is 1320 g/mol. The van der Waals surface area contributed by atoms with Gasteiger partial charge in [0.05, 0.1) is 31.7 Å². The summed E-state index contributed by atoms with van der Waals surface area (Å²) in [5, 5.41) is 18.8. The molecule has 7 fully saturated rings. The van der Waals surface area contributed by atoms with Crippen molar-refractivity contribution in [2.75, 3.05) is 21.0 Å². The molecule has 0 aromatic heterocycles. The van der Waals surface area contributed by atoms with Crippen molar-refractivity contribution in [3.05, 3.63) is 37.1 Å². The maximum atomic E-state index is 13.1. The van der Waals surface area contributed by atoms with Crippen LogP contribution in [-0.2, 0) is 38.0 Å². The molecule has 5 aliphatic carbocycles. The summed E-state index contributed by atoms with van der Waals surface area (Å²) in [6.45, 7) is 7.39. The lowest BCUT2D eigenvalue weighted by Crippen LogP contribution is -2.75. The Morgan fingerprint density at radius 1 is 0.482 bits per heavy atom. The van der Waals surface area contributed by atoms with E-state index in [1.54, 1.807) is 0 Å². The fourth-order valence-corrected chi connectivity index (χ4v) is 11.7. The van der Waals surface area contributed by atoms with Crippen molar-refractivity contribution in [1.82, 2.24) is 0 Å². The van der Waals surface area contributed by atoms with E-state index < -0.39 is 187 Å². The maximum absolute atomic E-state index is 13.1. The van der Waals surface area contributed by atoms with Crippen LogP contribution in [0, 0.1) is 47.3 Å². The molecule has 5 saturated carbocycles. The zero-order valence-electron chi connectivity index (χ0n) is 42.6. The molecule has 2 heterocycles. The zero-order chi connectivity index (χ0) is 66.7. The Bertz CT molecular complexity index is 2170. The van der Waals surface area contributed by atoms with Gasteiger partial charge in [0, 0.05) is 30.8 Å². The molecule has 10 atom stereocenters. The summed E-state index contributed by atoms with van der Waals surface area (Å²) in [4.78, 5) is 20.5. The first kappa shape index (κ1) is 74.9. The van der Waals surface area contributed by atoms with Gasteiger partial charge in [0.25, 0.3) is 22.4 Å². The first-order chi connectivity index (χ1) is 37.8. The summed E-state index contributed by atoms with van der Waals surface area (Å²) < 4.78 is 405. The van der Waals surface area contributed by atoms with Gasteiger partial charge in [0.2, 0.25) is 0 Å². The van der Waals surface area contributed by atoms with Crippen LogP contribution in [0.5, 0.6) is 0 Å². The van der Waals surface area contributed by atoms with Gasteiger partial charge in [-0.15, -0.1) is 0 Å². The third-order valence-corrected chi connectivity index (χ3v) is 15.5. The molecule has 7 rings (SSSR count). The van der Waals surface area contributed by atoms with Gasteiger partial charge >= 0.3 is 73.7 Å². The molecule has 10 nitrogen and oxygen atoms in total. The van der Waals surface area contributed by atoms with Crippen molar-refractivity contribution >= 4 is 11.9 Å². The second-order valence-electron chi connectivity index (χ2n) is 20.2. The number of aliphatic hydroxyl groups is 2. The molecule has 10 unspecified atom stereocenters. The molecule has 0 aromatic rings. The summed E-state index contributed by atoms with van der Waals surface area (Å²) in [7, 11) is 2.04. The van der Waals surface area contributed by atoms with Crippen molar-refractivity contribution in [1.29, 1.82) is 0 Å². The molecule has 0 aromatic carbocycles. The fraction of sp³-hybridized carbons (Fsp3) is 0.822. The molecule has 0 amide bonds. The van der Waals surface area contributed by atoms with Crippen LogP contribution in [-0.4, -0.2) is 146 Å². The second-order valence-corrected chi connectivity index (χ2v) is 20.2. The minimum atomic E-state index is -6.49. The van der Waals surface area contributed by atoms with Crippen molar-refractivity contribution in [3.63, 3.8) is 0 Å². The number of carbonyl (C=O) groups excluding carboxylic acids is 2. The number of fused-ring (bicyclic) bond motifs is 10. The highest BCUT2D eigenvalue weighted by Crippen LogP contribution is 2.71. The average Bonchev–Trinajstić information content (AvgIpc) is 1.66. The predicted octanol–water partition coefficient (Wildman–Crippen LogP) is 13.8. The molecule has 40 heteroatoms. The van der Waals surface area contributed by atoms with Gasteiger partial charge in [-0.05, 0) is 81.5 Å². The van der Waals surface area contributed by atoms with E-state index in [0.717, 1.165) is 7.11 Å². The van der Waals surface area contributed by atoms with E-state index in [2.05, 4.69) is 48.2 Å². The van der Waals surface area contributed by atoms with Crippen molar-refractivity contribution in [3.8, 4) is 0 Å². The average molecular weight is 1320 g/mol. The number of esters is 2. The van der Waals surface area contributed by atoms with E-state index in [0.29, 0.717) is 44.8 Å². The van der Waals surface area contributed by atoms with Crippen LogP contribution in [0.4, 0.5) is 132 Å². The quantitative estimate of drug-likeness (QED) is 0.0797. The lowest BCUT2D eigenvalue weighted by atomic mass is 9.65. The molecule has 4 bridgehead atoms. The normalized spacial score (nSPS) is 28.9. The third kappa shape index (κ3) is 14.1. The Labute approximate surface area is 457 Å². The van der Waals surface area contributed by atoms with E-state index in [4.69, 9.17) is 0 Å². The van der Waals surface area contributed by atoms with E-state index in [9.17, 15) is 152 Å². The molecule has 496 valence electrons. The SMILES string of the molecule is C=C(C(=O)OC)C(F)(F)F.C=C(C(=O)OCOC)C(F)(F)F.C=COC1CC(C(O)(C(F)(F)F)C(F)(F)F)CC(C(O)(C(F)(F)F)C(F)(F)F)C1.FC(F)(F)C1(C(F)(F)F)OC2C3CCC(C3)C21.FC(F)(F)C1(C(F)(F)F)OC2C3CCC(C3)C21. The highest BCUT2D eigenvalue weighted by atomic mass is 19.5. The van der Waals surface area contributed by atoms with Crippen LogP contribution >= 0.6 is 0 Å². The molecule has 7 aliphatic rings.